The van der Waals surface area contributed by atoms with Crippen LogP contribution < -0.4 is 0 Å². The number of carbonyl (C=O) groups is 2. The Balaban J connectivity index is 5.83. The fourth-order valence-corrected chi connectivity index (χ4v) is 3.58. The maximum atomic E-state index is 10.9. The van der Waals surface area contributed by atoms with Gasteiger partial charge in [-0.15, -0.1) is 0 Å². The van der Waals surface area contributed by atoms with E-state index >= 15 is 0 Å². The molecule has 2 unspecified atom stereocenters. The summed E-state index contributed by atoms with van der Waals surface area (Å²) in [4.78, 5) is 56.4. The molecule has 11 nitrogen and oxygen atoms in total. The first-order valence-corrected chi connectivity index (χ1v) is 7.30. The minimum Gasteiger partial charge on any atom is -0.481 e. The fraction of sp³-hybridized carbons (Fsp3) is 0.600. The topological polar surface area (TPSA) is 193 Å². The van der Waals surface area contributed by atoms with Crippen LogP contribution in [0.15, 0.2) is 0 Å². The third-order valence-electron chi connectivity index (χ3n) is 1.90. The molecule has 0 fully saturated rings. The molecule has 13 heteroatoms. The molecule has 0 aromatic carbocycles. The molecule has 0 saturated carbocycles. The monoisotopic (exact) mass is 307 g/mol. The second-order valence-corrected chi connectivity index (χ2v) is 6.49. The van der Waals surface area contributed by atoms with E-state index in [4.69, 9.17) is 29.8 Å². The van der Waals surface area contributed by atoms with Gasteiger partial charge in [0.25, 0.3) is 0 Å². The molecule has 0 radical (unpaired) electrons. The van der Waals surface area contributed by atoms with Crippen LogP contribution in [0.4, 0.5) is 0 Å². The summed E-state index contributed by atoms with van der Waals surface area (Å²) < 4.78 is 20.9. The van der Waals surface area contributed by atoms with Gasteiger partial charge in [0.15, 0.2) is 0 Å². The van der Waals surface area contributed by atoms with Gasteiger partial charge in [0.05, 0.1) is 5.92 Å². The van der Waals surface area contributed by atoms with Gasteiger partial charge in [-0.25, -0.2) is 9.13 Å². The number of rotatable bonds is 6. The lowest BCUT2D eigenvalue weighted by Gasteiger charge is -2.30. The highest BCUT2D eigenvalue weighted by Crippen LogP contribution is 2.60. The van der Waals surface area contributed by atoms with Crippen LogP contribution in [0.2, 0.25) is 0 Å². The Morgan fingerprint density at radius 1 is 0.944 bits per heavy atom. The van der Waals surface area contributed by atoms with E-state index in [9.17, 15) is 18.7 Å². The van der Waals surface area contributed by atoms with Crippen LogP contribution in [0.3, 0.4) is 0 Å². The van der Waals surface area contributed by atoms with Crippen LogP contribution in [-0.4, -0.2) is 52.2 Å². The van der Waals surface area contributed by atoms with Crippen molar-refractivity contribution in [2.75, 3.05) is 0 Å². The summed E-state index contributed by atoms with van der Waals surface area (Å²) in [7, 11) is -11.3. The second kappa shape index (κ2) is 5.45. The number of aliphatic carboxylic acids is 2. The first-order chi connectivity index (χ1) is 7.80. The third kappa shape index (κ3) is 4.14. The van der Waals surface area contributed by atoms with Gasteiger partial charge in [-0.1, -0.05) is 4.44 Å². The summed E-state index contributed by atoms with van der Waals surface area (Å²) in [6.07, 6.45) is 0. The van der Waals surface area contributed by atoms with Crippen LogP contribution in [-0.2, 0) is 18.7 Å². The van der Waals surface area contributed by atoms with Gasteiger partial charge in [0.1, 0.15) is 6.04 Å². The van der Waals surface area contributed by atoms with Gasteiger partial charge in [-0.3, -0.25) is 9.59 Å². The summed E-state index contributed by atoms with van der Waals surface area (Å²) in [6, 6.07) is -2.58. The Bertz CT molecular complexity index is 414. The van der Waals surface area contributed by atoms with Crippen molar-refractivity contribution >= 4 is 27.4 Å². The molecule has 18 heavy (non-hydrogen) atoms. The van der Waals surface area contributed by atoms with Gasteiger partial charge in [-0.05, 0) is 6.92 Å². The Morgan fingerprint density at radius 3 is 1.44 bits per heavy atom. The fourth-order valence-electron chi connectivity index (χ4n) is 1.12. The molecular weight excluding hydrogens is 296 g/mol. The van der Waals surface area contributed by atoms with E-state index in [1.807, 2.05) is 0 Å². The number of carboxylic acid groups (broad SMARTS) is 2. The molecular formula is C5H11NO10P2. The molecule has 0 aromatic heterocycles. The highest BCUT2D eigenvalue weighted by atomic mass is 31.3. The predicted molar refractivity (Wildman–Crippen MR) is 54.2 cm³/mol. The van der Waals surface area contributed by atoms with Gasteiger partial charge in [0.2, 0.25) is 0 Å². The zero-order chi connectivity index (χ0) is 14.9. The average molecular weight is 307 g/mol. The quantitative estimate of drug-likeness (QED) is 0.317. The van der Waals surface area contributed by atoms with Crippen molar-refractivity contribution in [2.24, 2.45) is 5.92 Å². The first kappa shape index (κ1) is 17.2. The molecule has 0 bridgehead atoms. The lowest BCUT2D eigenvalue weighted by molar-refractivity contribution is -0.151. The summed E-state index contributed by atoms with van der Waals surface area (Å²) in [5, 5.41) is 17.3. The lowest BCUT2D eigenvalue weighted by Crippen LogP contribution is -2.44. The van der Waals surface area contributed by atoms with E-state index in [-0.39, 0.29) is 0 Å². The van der Waals surface area contributed by atoms with Crippen molar-refractivity contribution in [3.05, 3.63) is 0 Å². The number of carboxylic acids is 2. The van der Waals surface area contributed by atoms with Crippen molar-refractivity contribution in [3.63, 3.8) is 0 Å². The highest BCUT2D eigenvalue weighted by molar-refractivity contribution is 7.65. The zero-order valence-electron chi connectivity index (χ0n) is 8.81. The van der Waals surface area contributed by atoms with E-state index in [1.54, 1.807) is 0 Å². The van der Waals surface area contributed by atoms with Gasteiger partial charge in [-0.2, -0.15) is 0 Å². The van der Waals surface area contributed by atoms with Crippen molar-refractivity contribution in [1.82, 2.24) is 4.44 Å². The maximum Gasteiger partial charge on any atom is 0.413 e. The standard InChI is InChI=1S/C5H11NO10P2/c1-2(4(7)8)3(5(9)10)6(17(11,12)13)18(14,15)16/h2-3H,1H3,(H,7,8)(H,9,10)(H2,11,12,13)(H2,14,15,16). The predicted octanol–water partition coefficient (Wildman–Crippen LogP) is -1.35. The Labute approximate surface area is 100 Å². The second-order valence-electron chi connectivity index (χ2n) is 3.26. The van der Waals surface area contributed by atoms with Crippen molar-refractivity contribution < 1.29 is 48.5 Å². The zero-order valence-corrected chi connectivity index (χ0v) is 10.6. The van der Waals surface area contributed by atoms with Crippen LogP contribution in [0, 0.1) is 5.92 Å². The Hall–Kier alpha value is -0.800. The molecule has 0 aliphatic rings. The van der Waals surface area contributed by atoms with Crippen LogP contribution in [0.25, 0.3) is 0 Å². The Morgan fingerprint density at radius 2 is 1.28 bits per heavy atom. The molecule has 0 rings (SSSR count). The largest absolute Gasteiger partial charge is 0.481 e. The SMILES string of the molecule is CC(C(=O)O)C(C(=O)O)N(P(=O)(O)O)P(=O)(O)O. The number of hydrogen-bond acceptors (Lipinski definition) is 4. The molecule has 0 aliphatic carbocycles. The molecule has 2 atom stereocenters. The van der Waals surface area contributed by atoms with Crippen molar-refractivity contribution in [1.29, 1.82) is 0 Å². The molecule has 0 aliphatic heterocycles. The molecule has 0 aromatic rings. The van der Waals surface area contributed by atoms with Gasteiger partial charge >= 0.3 is 27.4 Å². The van der Waals surface area contributed by atoms with E-state index in [0.717, 1.165) is 6.92 Å². The third-order valence-corrected chi connectivity index (χ3v) is 4.86. The summed E-state index contributed by atoms with van der Waals surface area (Å²) >= 11 is 0. The Kier molecular flexibility index (Phi) is 5.21. The first-order valence-electron chi connectivity index (χ1n) is 4.17. The minimum atomic E-state index is -5.67. The smallest absolute Gasteiger partial charge is 0.413 e. The summed E-state index contributed by atoms with van der Waals surface area (Å²) in [6.45, 7) is 0.749. The number of nitrogens with zero attached hydrogens (tertiary/aromatic N) is 1. The molecule has 0 saturated heterocycles. The summed E-state index contributed by atoms with van der Waals surface area (Å²) in [5.74, 6) is -5.83. The average Bonchev–Trinajstić information content (AvgIpc) is 2.07. The maximum absolute atomic E-state index is 10.9. The van der Waals surface area contributed by atoms with E-state index < -0.39 is 43.8 Å². The number of hydrogen-bond donors (Lipinski definition) is 6. The van der Waals surface area contributed by atoms with Gasteiger partial charge in [0, 0.05) is 0 Å². The summed E-state index contributed by atoms with van der Waals surface area (Å²) in [5.41, 5.74) is 0. The van der Waals surface area contributed by atoms with E-state index in [2.05, 4.69) is 0 Å². The normalized spacial score (nSPS) is 16.3. The lowest BCUT2D eigenvalue weighted by atomic mass is 10.0. The molecule has 0 spiro atoms. The molecule has 106 valence electrons. The van der Waals surface area contributed by atoms with Crippen LogP contribution in [0.5, 0.6) is 0 Å². The van der Waals surface area contributed by atoms with Gasteiger partial charge < -0.3 is 29.8 Å². The minimum absolute atomic E-state index is 0.749. The highest BCUT2D eigenvalue weighted by Gasteiger charge is 2.51. The van der Waals surface area contributed by atoms with E-state index in [1.165, 1.54) is 0 Å². The molecule has 0 heterocycles. The van der Waals surface area contributed by atoms with Crippen molar-refractivity contribution in [3.8, 4) is 0 Å². The van der Waals surface area contributed by atoms with Crippen molar-refractivity contribution in [2.45, 2.75) is 13.0 Å². The van der Waals surface area contributed by atoms with E-state index in [0.29, 0.717) is 0 Å². The van der Waals surface area contributed by atoms with Crippen LogP contribution in [0.1, 0.15) is 6.92 Å². The molecule has 0 amide bonds. The molecule has 6 N–H and O–H groups in total. The van der Waals surface area contributed by atoms with Crippen LogP contribution >= 0.6 is 15.5 Å².